The summed E-state index contributed by atoms with van der Waals surface area (Å²) < 4.78 is 102. The van der Waals surface area contributed by atoms with Gasteiger partial charge in [-0.05, 0) is 182 Å². The first kappa shape index (κ1) is 59.5. The molecule has 16 heteroatoms. The van der Waals surface area contributed by atoms with E-state index in [2.05, 4.69) is 0 Å². The molecule has 0 fully saturated rings. The van der Waals surface area contributed by atoms with Gasteiger partial charge < -0.3 is 18.9 Å². The number of fused-ring (bicyclic) bond motifs is 2. The van der Waals surface area contributed by atoms with Gasteiger partial charge in [0.05, 0.1) is 71.2 Å². The third kappa shape index (κ3) is 14.4. The van der Waals surface area contributed by atoms with Gasteiger partial charge in [-0.3, -0.25) is 19.2 Å². The molecule has 0 aromatic heterocycles. The third-order valence-electron chi connectivity index (χ3n) is 14.6. The van der Waals surface area contributed by atoms with Crippen LogP contribution in [-0.2, 0) is 12.4 Å². The molecule has 8 aromatic carbocycles. The first-order valence-corrected chi connectivity index (χ1v) is 28.3. The van der Waals surface area contributed by atoms with Gasteiger partial charge in [-0.25, -0.2) is 9.80 Å². The smallest absolute Gasteiger partial charge is 0.416 e. The first-order chi connectivity index (χ1) is 41.6. The van der Waals surface area contributed by atoms with Crippen molar-refractivity contribution in [2.45, 2.75) is 63.7 Å². The minimum atomic E-state index is -4.39. The molecule has 0 atom stereocenters. The summed E-state index contributed by atoms with van der Waals surface area (Å²) >= 11 is 0. The number of nitrogens with zero attached hydrogens (tertiary/aromatic N) is 2. The van der Waals surface area contributed by atoms with E-state index in [1.807, 2.05) is 60.7 Å². The minimum absolute atomic E-state index is 0.269. The number of ether oxygens (including phenoxy) is 4. The molecule has 2 aliphatic rings. The summed E-state index contributed by atoms with van der Waals surface area (Å²) in [5, 5.41) is 0. The molecule has 0 aliphatic carbocycles. The molecule has 2 heterocycles. The molecule has 4 amide bonds. The number of hydrogen-bond donors (Lipinski definition) is 0. The van der Waals surface area contributed by atoms with Crippen LogP contribution in [0.25, 0.3) is 35.4 Å². The number of hydrogen-bond acceptors (Lipinski definition) is 8. The van der Waals surface area contributed by atoms with Crippen LogP contribution < -0.4 is 28.7 Å². The van der Waals surface area contributed by atoms with E-state index in [0.29, 0.717) is 71.3 Å². The third-order valence-corrected chi connectivity index (χ3v) is 14.6. The summed E-state index contributed by atoms with van der Waals surface area (Å²) in [6, 6.07) is 48.5. The molecule has 438 valence electrons. The zero-order valence-corrected chi connectivity index (χ0v) is 46.5. The van der Waals surface area contributed by atoms with E-state index in [1.54, 1.807) is 97.1 Å². The number of benzene rings is 8. The first-order valence-electron chi connectivity index (χ1n) is 28.3. The van der Waals surface area contributed by atoms with Crippen molar-refractivity contribution < 1.29 is 64.5 Å². The van der Waals surface area contributed by atoms with Gasteiger partial charge in [-0.1, -0.05) is 109 Å². The summed E-state index contributed by atoms with van der Waals surface area (Å²) in [4.78, 5) is 57.5. The topological polar surface area (TPSA) is 112 Å². The lowest BCUT2D eigenvalue weighted by molar-refractivity contribution is -0.138. The van der Waals surface area contributed by atoms with Crippen molar-refractivity contribution in [2.75, 3.05) is 36.2 Å². The summed E-state index contributed by atoms with van der Waals surface area (Å²) in [5.74, 6) is 0.0922. The number of alkyl halides is 6. The van der Waals surface area contributed by atoms with Crippen LogP contribution in [0.4, 0.5) is 37.7 Å². The van der Waals surface area contributed by atoms with E-state index < -0.39 is 47.1 Å². The SMILES string of the molecule is O=C1c2ccccc2C(=O)N1c1ccc(-c2ccc(N3C(=O)c4ccccc4C3=O)c(OCCCCCCOc3ccc(C=Cc4ccc(C(F)(F)F)cc4)cc3)c2)cc1OCCCCCCOc1ccc(C=Cc2ccc(C(F)(F)F)cc2)cc1. The van der Waals surface area contributed by atoms with Crippen molar-refractivity contribution in [3.05, 3.63) is 238 Å². The Morgan fingerprint density at radius 2 is 0.605 bits per heavy atom. The number of unbranched alkanes of at least 4 members (excludes halogenated alkanes) is 6. The van der Waals surface area contributed by atoms with E-state index in [4.69, 9.17) is 18.9 Å². The molecular weight excluding hydrogens is 1110 g/mol. The van der Waals surface area contributed by atoms with E-state index in [9.17, 15) is 45.5 Å². The molecule has 10 rings (SSSR count). The lowest BCUT2D eigenvalue weighted by Crippen LogP contribution is -2.30. The highest BCUT2D eigenvalue weighted by atomic mass is 19.4. The summed E-state index contributed by atoms with van der Waals surface area (Å²) in [5.41, 5.74) is 4.65. The number of amides is 4. The van der Waals surface area contributed by atoms with E-state index in [1.165, 1.54) is 24.3 Å². The van der Waals surface area contributed by atoms with Crippen molar-refractivity contribution in [3.63, 3.8) is 0 Å². The highest BCUT2D eigenvalue weighted by Crippen LogP contribution is 2.42. The van der Waals surface area contributed by atoms with Crippen molar-refractivity contribution in [1.82, 2.24) is 0 Å². The minimum Gasteiger partial charge on any atom is -0.494 e. The Balaban J connectivity index is 0.755. The van der Waals surface area contributed by atoms with Gasteiger partial charge in [-0.2, -0.15) is 26.3 Å². The van der Waals surface area contributed by atoms with E-state index in [0.717, 1.165) is 83.7 Å². The van der Waals surface area contributed by atoms with Gasteiger partial charge in [-0.15, -0.1) is 0 Å². The highest BCUT2D eigenvalue weighted by molar-refractivity contribution is 6.35. The van der Waals surface area contributed by atoms with E-state index in [-0.39, 0.29) is 46.8 Å². The van der Waals surface area contributed by atoms with Crippen molar-refractivity contribution >= 4 is 59.3 Å². The molecule has 0 spiro atoms. The number of rotatable bonds is 25. The monoisotopic (exact) mass is 1170 g/mol. The van der Waals surface area contributed by atoms with Gasteiger partial charge in [0.1, 0.15) is 23.0 Å². The number of imide groups is 2. The Bertz CT molecular complexity index is 3460. The molecule has 86 heavy (non-hydrogen) atoms. The zero-order valence-electron chi connectivity index (χ0n) is 46.5. The molecule has 0 saturated heterocycles. The number of halogens is 6. The van der Waals surface area contributed by atoms with Crippen LogP contribution in [0.3, 0.4) is 0 Å². The Labute approximate surface area is 493 Å². The second-order valence-electron chi connectivity index (χ2n) is 20.6. The van der Waals surface area contributed by atoms with Crippen LogP contribution in [0.2, 0.25) is 0 Å². The Morgan fingerprint density at radius 1 is 0.326 bits per heavy atom. The van der Waals surface area contributed by atoms with Crippen LogP contribution in [0.5, 0.6) is 23.0 Å². The van der Waals surface area contributed by atoms with Gasteiger partial charge >= 0.3 is 12.4 Å². The van der Waals surface area contributed by atoms with Crippen LogP contribution in [0.15, 0.2) is 182 Å². The molecule has 0 bridgehead atoms. The number of carbonyl (C=O) groups excluding carboxylic acids is 4. The molecule has 0 N–H and O–H groups in total. The summed E-state index contributed by atoms with van der Waals surface area (Å²) in [6.07, 6.45) is 4.43. The summed E-state index contributed by atoms with van der Waals surface area (Å²) in [7, 11) is 0. The molecular formula is C70H58F6N2O8. The van der Waals surface area contributed by atoms with Crippen molar-refractivity contribution in [3.8, 4) is 34.1 Å². The predicted molar refractivity (Wildman–Crippen MR) is 320 cm³/mol. The van der Waals surface area contributed by atoms with Crippen LogP contribution in [0.1, 0.15) is 126 Å². The highest BCUT2D eigenvalue weighted by Gasteiger charge is 2.40. The largest absolute Gasteiger partial charge is 0.494 e. The lowest BCUT2D eigenvalue weighted by atomic mass is 10.0. The van der Waals surface area contributed by atoms with Crippen LogP contribution in [0, 0.1) is 0 Å². The molecule has 8 aromatic rings. The standard InChI is InChI=1S/C70H58F6N2O8/c71-69(72,73)53-31-21-47(22-32-53)17-19-49-25-35-55(36-26-49)83-41-9-1-3-11-43-85-63-45-51(29-39-61(63)77-65(79)57-13-5-6-14-58(57)66(77)80)52-30-40-62(78-67(81)59-15-7-8-16-60(59)68(78)82)64(46-52)86-44-12-4-2-10-42-84-56-37-27-50(28-38-56)20-18-48-23-33-54(34-24-48)70(74,75)76/h5-8,13-40,45-46H,1-4,9-12,41-44H2. The zero-order chi connectivity index (χ0) is 60.2. The molecule has 0 radical (unpaired) electrons. The van der Waals surface area contributed by atoms with Crippen molar-refractivity contribution in [2.24, 2.45) is 0 Å². The van der Waals surface area contributed by atoms with Gasteiger partial charge in [0, 0.05) is 0 Å². The van der Waals surface area contributed by atoms with Gasteiger partial charge in [0.2, 0.25) is 0 Å². The molecule has 2 aliphatic heterocycles. The van der Waals surface area contributed by atoms with Crippen LogP contribution >= 0.6 is 0 Å². The van der Waals surface area contributed by atoms with Crippen molar-refractivity contribution in [1.29, 1.82) is 0 Å². The average molecular weight is 1170 g/mol. The Morgan fingerprint density at radius 3 is 0.895 bits per heavy atom. The Hall–Kier alpha value is -9.70. The Kier molecular flexibility index (Phi) is 18.6. The molecule has 10 nitrogen and oxygen atoms in total. The second-order valence-corrected chi connectivity index (χ2v) is 20.6. The number of anilines is 2. The molecule has 0 unspecified atom stereocenters. The quantitative estimate of drug-likeness (QED) is 0.0241. The van der Waals surface area contributed by atoms with Gasteiger partial charge in [0.25, 0.3) is 23.6 Å². The maximum Gasteiger partial charge on any atom is 0.416 e. The fourth-order valence-electron chi connectivity index (χ4n) is 9.97. The van der Waals surface area contributed by atoms with Gasteiger partial charge in [0.15, 0.2) is 0 Å². The fraction of sp³-hybridized carbons (Fsp3) is 0.200. The maximum absolute atomic E-state index is 13.8. The van der Waals surface area contributed by atoms with Crippen LogP contribution in [-0.4, -0.2) is 50.1 Å². The van der Waals surface area contributed by atoms with E-state index >= 15 is 0 Å². The fourth-order valence-corrected chi connectivity index (χ4v) is 9.97. The normalized spacial score (nSPS) is 13.3. The lowest BCUT2D eigenvalue weighted by Gasteiger charge is -2.21. The molecule has 0 saturated carbocycles. The maximum atomic E-state index is 13.8. The number of carbonyl (C=O) groups is 4. The summed E-state index contributed by atoms with van der Waals surface area (Å²) in [6.45, 7) is 1.49. The second kappa shape index (κ2) is 26.9. The average Bonchev–Trinajstić information content (AvgIpc) is 1.80. The predicted octanol–water partition coefficient (Wildman–Crippen LogP) is 17.4.